The van der Waals surface area contributed by atoms with Crippen LogP contribution in [0.3, 0.4) is 0 Å². The predicted octanol–water partition coefficient (Wildman–Crippen LogP) is 0.733. The number of anilines is 1. The quantitative estimate of drug-likeness (QED) is 0.803. The fraction of sp³-hybridized carbons (Fsp3) is 0.538. The van der Waals surface area contributed by atoms with Crippen LogP contribution in [0.1, 0.15) is 17.7 Å². The van der Waals surface area contributed by atoms with Crippen molar-refractivity contribution in [3.05, 3.63) is 23.4 Å². The summed E-state index contributed by atoms with van der Waals surface area (Å²) in [5, 5.41) is 9.17. The zero-order valence-electron chi connectivity index (χ0n) is 11.7. The molecule has 1 aliphatic rings. The van der Waals surface area contributed by atoms with Crippen molar-refractivity contribution in [3.8, 4) is 6.07 Å². The Morgan fingerprint density at radius 2 is 2.00 bits per heavy atom. The summed E-state index contributed by atoms with van der Waals surface area (Å²) < 4.78 is 24.7. The Hall–Kier alpha value is -1.65. The highest BCUT2D eigenvalue weighted by molar-refractivity contribution is 7.88. The van der Waals surface area contributed by atoms with Crippen LogP contribution in [0.5, 0.6) is 0 Å². The van der Waals surface area contributed by atoms with Crippen molar-refractivity contribution in [1.29, 1.82) is 5.26 Å². The van der Waals surface area contributed by atoms with Crippen LogP contribution in [0, 0.1) is 18.3 Å². The molecule has 0 radical (unpaired) electrons. The van der Waals surface area contributed by atoms with Crippen molar-refractivity contribution in [3.63, 3.8) is 0 Å². The molecule has 0 aromatic carbocycles. The van der Waals surface area contributed by atoms with Gasteiger partial charge in [-0.25, -0.2) is 17.7 Å². The van der Waals surface area contributed by atoms with E-state index in [4.69, 9.17) is 5.26 Å². The maximum absolute atomic E-state index is 11.6. The topological polar surface area (TPSA) is 77.3 Å². The Bertz CT molecular complexity index is 636. The van der Waals surface area contributed by atoms with Crippen LogP contribution in [0.2, 0.25) is 0 Å². The summed E-state index contributed by atoms with van der Waals surface area (Å²) in [5.41, 5.74) is 1.38. The maximum atomic E-state index is 11.6. The molecular weight excluding hydrogens is 276 g/mol. The van der Waals surface area contributed by atoms with E-state index < -0.39 is 10.0 Å². The number of hydrogen-bond acceptors (Lipinski definition) is 5. The van der Waals surface area contributed by atoms with Crippen LogP contribution in [0.25, 0.3) is 0 Å². The van der Waals surface area contributed by atoms with E-state index in [-0.39, 0.29) is 0 Å². The lowest BCUT2D eigenvalue weighted by atomic mass is 10.2. The van der Waals surface area contributed by atoms with Gasteiger partial charge in [-0.15, -0.1) is 0 Å². The number of aryl methyl sites for hydroxylation is 1. The lowest BCUT2D eigenvalue weighted by Crippen LogP contribution is -2.34. The third-order valence-corrected chi connectivity index (χ3v) is 4.66. The van der Waals surface area contributed by atoms with E-state index in [0.717, 1.165) is 12.1 Å². The van der Waals surface area contributed by atoms with Crippen molar-refractivity contribution in [1.82, 2.24) is 9.29 Å². The zero-order valence-corrected chi connectivity index (χ0v) is 12.5. The molecule has 20 heavy (non-hydrogen) atoms. The van der Waals surface area contributed by atoms with Gasteiger partial charge in [0.05, 0.1) is 11.8 Å². The SMILES string of the molecule is Cc1ccc(C#N)c(N2CCCN(S(C)(=O)=O)CC2)n1. The first-order chi connectivity index (χ1) is 9.41. The van der Waals surface area contributed by atoms with Crippen LogP contribution in [-0.2, 0) is 10.0 Å². The van der Waals surface area contributed by atoms with Gasteiger partial charge in [0.25, 0.3) is 0 Å². The van der Waals surface area contributed by atoms with Gasteiger partial charge in [0.1, 0.15) is 11.9 Å². The molecule has 0 spiro atoms. The van der Waals surface area contributed by atoms with E-state index in [1.807, 2.05) is 17.9 Å². The lowest BCUT2D eigenvalue weighted by molar-refractivity contribution is 0.437. The minimum absolute atomic E-state index is 0.430. The number of aromatic nitrogens is 1. The molecule has 0 unspecified atom stereocenters. The van der Waals surface area contributed by atoms with E-state index in [1.165, 1.54) is 10.6 Å². The number of pyridine rings is 1. The average molecular weight is 294 g/mol. The van der Waals surface area contributed by atoms with E-state index in [1.54, 1.807) is 6.07 Å². The molecule has 0 atom stereocenters. The second kappa shape index (κ2) is 5.77. The molecule has 0 amide bonds. The molecular formula is C13H18N4O2S. The van der Waals surface area contributed by atoms with Gasteiger partial charge >= 0.3 is 0 Å². The van der Waals surface area contributed by atoms with Crippen LogP contribution < -0.4 is 4.90 Å². The smallest absolute Gasteiger partial charge is 0.211 e. The van der Waals surface area contributed by atoms with Crippen molar-refractivity contribution in [2.45, 2.75) is 13.3 Å². The first kappa shape index (κ1) is 14.8. The third-order valence-electron chi connectivity index (χ3n) is 3.36. The number of rotatable bonds is 2. The molecule has 1 aliphatic heterocycles. The summed E-state index contributed by atoms with van der Waals surface area (Å²) in [6.07, 6.45) is 1.96. The molecule has 6 nitrogen and oxygen atoms in total. The predicted molar refractivity (Wildman–Crippen MR) is 76.9 cm³/mol. The van der Waals surface area contributed by atoms with Crippen LogP contribution in [0.15, 0.2) is 12.1 Å². The highest BCUT2D eigenvalue weighted by Gasteiger charge is 2.23. The summed E-state index contributed by atoms with van der Waals surface area (Å²) >= 11 is 0. The Morgan fingerprint density at radius 1 is 1.25 bits per heavy atom. The molecule has 0 saturated carbocycles. The first-order valence-corrected chi connectivity index (χ1v) is 8.34. The molecule has 7 heteroatoms. The van der Waals surface area contributed by atoms with Crippen molar-refractivity contribution in [2.24, 2.45) is 0 Å². The van der Waals surface area contributed by atoms with E-state index >= 15 is 0 Å². The van der Waals surface area contributed by atoms with Gasteiger partial charge in [0.2, 0.25) is 10.0 Å². The summed E-state index contributed by atoms with van der Waals surface area (Å²) in [7, 11) is -3.16. The zero-order chi connectivity index (χ0) is 14.8. The molecule has 1 saturated heterocycles. The lowest BCUT2D eigenvalue weighted by Gasteiger charge is -2.23. The minimum atomic E-state index is -3.16. The first-order valence-electron chi connectivity index (χ1n) is 6.49. The molecule has 0 bridgehead atoms. The van der Waals surface area contributed by atoms with Gasteiger partial charge in [0, 0.05) is 31.9 Å². The van der Waals surface area contributed by atoms with E-state index in [0.29, 0.717) is 37.6 Å². The Labute approximate surface area is 119 Å². The molecule has 108 valence electrons. The monoisotopic (exact) mass is 294 g/mol. The molecule has 1 aromatic heterocycles. The summed E-state index contributed by atoms with van der Waals surface area (Å²) in [5.74, 6) is 0.655. The normalized spacial score (nSPS) is 17.6. The fourth-order valence-corrected chi connectivity index (χ4v) is 3.18. The van der Waals surface area contributed by atoms with Gasteiger partial charge in [-0.3, -0.25) is 0 Å². The standard InChI is InChI=1S/C13H18N4O2S/c1-11-4-5-12(10-14)13(15-11)16-6-3-7-17(9-8-16)20(2,18)19/h4-5H,3,6-9H2,1-2H3. The Balaban J connectivity index is 2.23. The summed E-state index contributed by atoms with van der Waals surface area (Å²) in [6, 6.07) is 5.71. The van der Waals surface area contributed by atoms with Crippen molar-refractivity contribution >= 4 is 15.8 Å². The van der Waals surface area contributed by atoms with Crippen molar-refractivity contribution < 1.29 is 8.42 Å². The van der Waals surface area contributed by atoms with Crippen LogP contribution in [0.4, 0.5) is 5.82 Å². The van der Waals surface area contributed by atoms with Crippen LogP contribution in [-0.4, -0.2) is 50.1 Å². The highest BCUT2D eigenvalue weighted by Crippen LogP contribution is 2.20. The Morgan fingerprint density at radius 3 is 2.65 bits per heavy atom. The molecule has 2 rings (SSSR count). The molecule has 0 N–H and O–H groups in total. The largest absolute Gasteiger partial charge is 0.354 e. The number of nitrogens with zero attached hydrogens (tertiary/aromatic N) is 4. The number of sulfonamides is 1. The maximum Gasteiger partial charge on any atom is 0.211 e. The third kappa shape index (κ3) is 3.26. The molecule has 0 aliphatic carbocycles. The van der Waals surface area contributed by atoms with Gasteiger partial charge in [-0.05, 0) is 25.5 Å². The number of nitriles is 1. The van der Waals surface area contributed by atoms with E-state index in [2.05, 4.69) is 11.1 Å². The van der Waals surface area contributed by atoms with E-state index in [9.17, 15) is 8.42 Å². The van der Waals surface area contributed by atoms with Crippen molar-refractivity contribution in [2.75, 3.05) is 37.3 Å². The van der Waals surface area contributed by atoms with Gasteiger partial charge in [-0.2, -0.15) is 5.26 Å². The molecule has 1 aromatic rings. The second-order valence-electron chi connectivity index (χ2n) is 4.94. The van der Waals surface area contributed by atoms with Gasteiger partial charge < -0.3 is 4.90 Å². The van der Waals surface area contributed by atoms with Crippen LogP contribution >= 0.6 is 0 Å². The average Bonchev–Trinajstić information content (AvgIpc) is 2.63. The second-order valence-corrected chi connectivity index (χ2v) is 6.92. The van der Waals surface area contributed by atoms with Gasteiger partial charge in [0.15, 0.2) is 0 Å². The van der Waals surface area contributed by atoms with Gasteiger partial charge in [-0.1, -0.05) is 0 Å². The summed E-state index contributed by atoms with van der Waals surface area (Å²) in [4.78, 5) is 6.43. The molecule has 2 heterocycles. The molecule has 1 fully saturated rings. The summed E-state index contributed by atoms with van der Waals surface area (Å²) in [6.45, 7) is 4.09. The minimum Gasteiger partial charge on any atom is -0.354 e. The highest BCUT2D eigenvalue weighted by atomic mass is 32.2. The Kier molecular flexibility index (Phi) is 4.26. The number of hydrogen-bond donors (Lipinski definition) is 0. The fourth-order valence-electron chi connectivity index (χ4n) is 2.31.